The van der Waals surface area contributed by atoms with E-state index in [9.17, 15) is 14.0 Å². The number of rotatable bonds is 7. The minimum atomic E-state index is -0.356. The van der Waals surface area contributed by atoms with E-state index in [1.165, 1.54) is 6.07 Å². The summed E-state index contributed by atoms with van der Waals surface area (Å²) in [6, 6.07) is 4.57. The molecule has 7 heteroatoms. The van der Waals surface area contributed by atoms with E-state index < -0.39 is 0 Å². The molecule has 0 saturated heterocycles. The first-order chi connectivity index (χ1) is 15.0. The molecule has 5 nitrogen and oxygen atoms in total. The zero-order valence-corrected chi connectivity index (χ0v) is 18.7. The first-order valence-corrected chi connectivity index (χ1v) is 12.1. The Morgan fingerprint density at radius 1 is 1.19 bits per heavy atom. The van der Waals surface area contributed by atoms with Crippen LogP contribution in [0.2, 0.25) is 0 Å². The standard InChI is InChI=1S/C24H30FN3O2S/c1-15-5-8-19(13-20(15)25)22(29)27-14-16-6-9-17(10-7-16)21(24-26-11-12-31-24)28-23(30)18-3-2-4-18/h5,8,11-13,16-18,21H,2-4,6-7,9-10,14H2,1H3,(H,27,29)(H,28,30). The predicted molar refractivity (Wildman–Crippen MR) is 119 cm³/mol. The van der Waals surface area contributed by atoms with Crippen molar-refractivity contribution in [2.75, 3.05) is 6.54 Å². The SMILES string of the molecule is Cc1ccc(C(=O)NCC2CCC(C(NC(=O)C3CCC3)c3nccs3)CC2)cc1F. The van der Waals surface area contributed by atoms with E-state index in [1.807, 2.05) is 5.38 Å². The summed E-state index contributed by atoms with van der Waals surface area (Å²) in [6.07, 6.45) is 8.91. The molecule has 0 radical (unpaired) electrons. The van der Waals surface area contributed by atoms with E-state index in [0.29, 0.717) is 29.5 Å². The number of nitrogens with one attached hydrogen (secondary N) is 2. The Balaban J connectivity index is 1.29. The number of carbonyl (C=O) groups excluding carboxylic acids is 2. The van der Waals surface area contributed by atoms with Gasteiger partial charge in [0.2, 0.25) is 5.91 Å². The molecule has 4 rings (SSSR count). The third-order valence-corrected chi connectivity index (χ3v) is 7.70. The van der Waals surface area contributed by atoms with Crippen molar-refractivity contribution < 1.29 is 14.0 Å². The van der Waals surface area contributed by atoms with Crippen LogP contribution in [0.3, 0.4) is 0 Å². The summed E-state index contributed by atoms with van der Waals surface area (Å²) >= 11 is 1.61. The molecule has 2 amide bonds. The summed E-state index contributed by atoms with van der Waals surface area (Å²) in [6.45, 7) is 2.28. The van der Waals surface area contributed by atoms with Crippen LogP contribution in [-0.2, 0) is 4.79 Å². The van der Waals surface area contributed by atoms with E-state index in [2.05, 4.69) is 15.6 Å². The number of hydrogen-bond acceptors (Lipinski definition) is 4. The van der Waals surface area contributed by atoms with Gasteiger partial charge in [-0.1, -0.05) is 12.5 Å². The molecule has 2 aromatic rings. The first-order valence-electron chi connectivity index (χ1n) is 11.3. The predicted octanol–water partition coefficient (Wildman–Crippen LogP) is 4.78. The summed E-state index contributed by atoms with van der Waals surface area (Å²) < 4.78 is 13.7. The van der Waals surface area contributed by atoms with Crippen molar-refractivity contribution in [3.63, 3.8) is 0 Å². The molecule has 1 aromatic carbocycles. The summed E-state index contributed by atoms with van der Waals surface area (Å²) in [7, 11) is 0. The van der Waals surface area contributed by atoms with Gasteiger partial charge in [-0.3, -0.25) is 9.59 Å². The molecular weight excluding hydrogens is 413 g/mol. The Morgan fingerprint density at radius 3 is 2.58 bits per heavy atom. The van der Waals surface area contributed by atoms with Crippen molar-refractivity contribution >= 4 is 23.2 Å². The highest BCUT2D eigenvalue weighted by atomic mass is 32.1. The lowest BCUT2D eigenvalue weighted by molar-refractivity contribution is -0.128. The largest absolute Gasteiger partial charge is 0.352 e. The molecule has 2 aliphatic rings. The summed E-state index contributed by atoms with van der Waals surface area (Å²) in [4.78, 5) is 29.4. The Hall–Kier alpha value is -2.28. The molecule has 1 atom stereocenters. The fraction of sp³-hybridized carbons (Fsp3) is 0.542. The van der Waals surface area contributed by atoms with Crippen LogP contribution in [0.1, 0.15) is 71.9 Å². The number of benzene rings is 1. The molecule has 0 bridgehead atoms. The molecule has 1 heterocycles. The summed E-state index contributed by atoms with van der Waals surface area (Å²) in [5.74, 6) is 0.523. The zero-order valence-electron chi connectivity index (χ0n) is 17.9. The second-order valence-corrected chi connectivity index (χ2v) is 9.87. The highest BCUT2D eigenvalue weighted by Gasteiger charge is 2.34. The molecule has 2 fully saturated rings. The van der Waals surface area contributed by atoms with Gasteiger partial charge in [0.15, 0.2) is 0 Å². The Kier molecular flexibility index (Phi) is 7.00. The Labute approximate surface area is 186 Å². The normalized spacial score (nSPS) is 22.4. The van der Waals surface area contributed by atoms with Gasteiger partial charge in [0.25, 0.3) is 5.91 Å². The third-order valence-electron chi connectivity index (χ3n) is 6.84. The number of thiazole rings is 1. The molecule has 2 saturated carbocycles. The smallest absolute Gasteiger partial charge is 0.251 e. The maximum Gasteiger partial charge on any atom is 0.251 e. The highest BCUT2D eigenvalue weighted by molar-refractivity contribution is 7.09. The molecule has 1 unspecified atom stereocenters. The molecule has 0 aliphatic heterocycles. The number of nitrogens with zero attached hydrogens (tertiary/aromatic N) is 1. The maximum absolute atomic E-state index is 13.7. The number of aryl methyl sites for hydroxylation is 1. The van der Waals surface area contributed by atoms with E-state index in [1.54, 1.807) is 36.6 Å². The van der Waals surface area contributed by atoms with Gasteiger partial charge in [-0.25, -0.2) is 9.37 Å². The van der Waals surface area contributed by atoms with Gasteiger partial charge in [-0.2, -0.15) is 0 Å². The van der Waals surface area contributed by atoms with Crippen LogP contribution in [0, 0.1) is 30.5 Å². The van der Waals surface area contributed by atoms with E-state index >= 15 is 0 Å². The lowest BCUT2D eigenvalue weighted by Gasteiger charge is -2.35. The van der Waals surface area contributed by atoms with Crippen molar-refractivity contribution in [2.24, 2.45) is 17.8 Å². The Bertz CT molecular complexity index is 906. The second kappa shape index (κ2) is 9.90. The van der Waals surface area contributed by atoms with Crippen LogP contribution in [0.15, 0.2) is 29.8 Å². The van der Waals surface area contributed by atoms with Gasteiger partial charge in [-0.15, -0.1) is 11.3 Å². The van der Waals surface area contributed by atoms with Crippen molar-refractivity contribution in [1.82, 2.24) is 15.6 Å². The van der Waals surface area contributed by atoms with Crippen molar-refractivity contribution in [3.8, 4) is 0 Å². The van der Waals surface area contributed by atoms with Gasteiger partial charge in [0.05, 0.1) is 6.04 Å². The molecular formula is C24H30FN3O2S. The van der Waals surface area contributed by atoms with E-state index in [0.717, 1.165) is 50.0 Å². The molecule has 0 spiro atoms. The van der Waals surface area contributed by atoms with Gasteiger partial charge < -0.3 is 10.6 Å². The lowest BCUT2D eigenvalue weighted by atomic mass is 9.78. The highest BCUT2D eigenvalue weighted by Crippen LogP contribution is 2.38. The summed E-state index contributed by atoms with van der Waals surface area (Å²) in [5, 5.41) is 9.21. The second-order valence-electron chi connectivity index (χ2n) is 8.94. The monoisotopic (exact) mass is 443 g/mol. The first kappa shape index (κ1) is 21.9. The van der Waals surface area contributed by atoms with E-state index in [-0.39, 0.29) is 29.6 Å². The van der Waals surface area contributed by atoms with Crippen LogP contribution in [0.5, 0.6) is 0 Å². The number of hydrogen-bond donors (Lipinski definition) is 2. The average molecular weight is 444 g/mol. The summed E-state index contributed by atoms with van der Waals surface area (Å²) in [5.41, 5.74) is 0.897. The molecule has 166 valence electrons. The lowest BCUT2D eigenvalue weighted by Crippen LogP contribution is -2.41. The average Bonchev–Trinajstić information content (AvgIpc) is 3.26. The van der Waals surface area contributed by atoms with Crippen LogP contribution >= 0.6 is 11.3 Å². The van der Waals surface area contributed by atoms with Gasteiger partial charge >= 0.3 is 0 Å². The topological polar surface area (TPSA) is 71.1 Å². The Morgan fingerprint density at radius 2 is 1.97 bits per heavy atom. The van der Waals surface area contributed by atoms with Gasteiger partial charge in [-0.05, 0) is 75.0 Å². The minimum absolute atomic E-state index is 0.0147. The molecule has 2 N–H and O–H groups in total. The van der Waals surface area contributed by atoms with Crippen molar-refractivity contribution in [1.29, 1.82) is 0 Å². The number of halogens is 1. The van der Waals surface area contributed by atoms with Crippen LogP contribution in [0.4, 0.5) is 4.39 Å². The quantitative estimate of drug-likeness (QED) is 0.647. The number of amides is 2. The minimum Gasteiger partial charge on any atom is -0.352 e. The van der Waals surface area contributed by atoms with Crippen molar-refractivity contribution in [3.05, 3.63) is 51.7 Å². The fourth-order valence-electron chi connectivity index (χ4n) is 4.51. The fourth-order valence-corrected chi connectivity index (χ4v) is 5.29. The number of aromatic nitrogens is 1. The third kappa shape index (κ3) is 5.32. The maximum atomic E-state index is 13.7. The van der Waals surface area contributed by atoms with Gasteiger partial charge in [0.1, 0.15) is 10.8 Å². The van der Waals surface area contributed by atoms with Crippen LogP contribution < -0.4 is 10.6 Å². The molecule has 31 heavy (non-hydrogen) atoms. The zero-order chi connectivity index (χ0) is 21.8. The van der Waals surface area contributed by atoms with Crippen molar-refractivity contribution in [2.45, 2.75) is 57.9 Å². The number of carbonyl (C=O) groups is 2. The molecule has 2 aliphatic carbocycles. The molecule has 1 aromatic heterocycles. The van der Waals surface area contributed by atoms with E-state index in [4.69, 9.17) is 0 Å². The van der Waals surface area contributed by atoms with Gasteiger partial charge in [0, 0.05) is 29.6 Å². The van der Waals surface area contributed by atoms with Crippen LogP contribution in [0.25, 0.3) is 0 Å². The van der Waals surface area contributed by atoms with Crippen LogP contribution in [-0.4, -0.2) is 23.3 Å².